The maximum atomic E-state index is 11.8. The largest absolute Gasteiger partial charge is 0.508 e. The Labute approximate surface area is 138 Å². The second-order valence-corrected chi connectivity index (χ2v) is 5.09. The first kappa shape index (κ1) is 17.0. The molecule has 3 N–H and O–H groups in total. The Hall–Kier alpha value is -3.34. The molecule has 2 aromatic carbocycles. The van der Waals surface area contributed by atoms with Crippen molar-refractivity contribution in [1.29, 1.82) is 0 Å². The number of hydrogen-bond acceptors (Lipinski definition) is 5. The molecule has 0 unspecified atom stereocenters. The van der Waals surface area contributed by atoms with Crippen LogP contribution in [-0.2, 0) is 9.59 Å². The van der Waals surface area contributed by atoms with E-state index in [1.807, 2.05) is 0 Å². The van der Waals surface area contributed by atoms with Crippen molar-refractivity contribution in [3.05, 3.63) is 65.7 Å². The number of hydrogen-bond donors (Lipinski definition) is 3. The zero-order valence-electron chi connectivity index (χ0n) is 12.7. The topological polar surface area (TPSA) is 94.8 Å². The van der Waals surface area contributed by atoms with Gasteiger partial charge in [0, 0.05) is 5.56 Å². The molecule has 0 radical (unpaired) electrons. The zero-order chi connectivity index (χ0) is 17.5. The summed E-state index contributed by atoms with van der Waals surface area (Å²) in [5.41, 5.74) is 0.933. The van der Waals surface area contributed by atoms with Gasteiger partial charge in [0.2, 0.25) is 0 Å². The zero-order valence-corrected chi connectivity index (χ0v) is 12.7. The van der Waals surface area contributed by atoms with E-state index in [0.717, 1.165) is 0 Å². The Morgan fingerprint density at radius 2 is 1.54 bits per heavy atom. The van der Waals surface area contributed by atoms with Crippen molar-refractivity contribution in [3.8, 4) is 17.2 Å². The van der Waals surface area contributed by atoms with Gasteiger partial charge in [-0.05, 0) is 42.0 Å². The molecule has 0 fully saturated rings. The number of rotatable bonds is 6. The molecule has 5 nitrogen and oxygen atoms in total. The SMILES string of the molecule is O=C(/C=C/c1cccc(O)c1)CC(=O)/C=C/c1cccc(O)c1O. The molecule has 0 bridgehead atoms. The minimum atomic E-state index is -0.427. The van der Waals surface area contributed by atoms with E-state index >= 15 is 0 Å². The summed E-state index contributed by atoms with van der Waals surface area (Å²) in [6.45, 7) is 0. The number of carbonyl (C=O) groups excluding carboxylic acids is 2. The van der Waals surface area contributed by atoms with Gasteiger partial charge < -0.3 is 15.3 Å². The number of ketones is 2. The number of phenolic OH excluding ortho intramolecular Hbond substituents is 3. The van der Waals surface area contributed by atoms with Gasteiger partial charge in [-0.3, -0.25) is 9.59 Å². The van der Waals surface area contributed by atoms with Crippen LogP contribution in [0, 0.1) is 0 Å². The normalized spacial score (nSPS) is 11.2. The smallest absolute Gasteiger partial charge is 0.164 e. The van der Waals surface area contributed by atoms with Crippen molar-refractivity contribution in [2.45, 2.75) is 6.42 Å². The number of aromatic hydroxyl groups is 3. The molecule has 0 heterocycles. The van der Waals surface area contributed by atoms with E-state index in [1.165, 1.54) is 54.6 Å². The van der Waals surface area contributed by atoms with Crippen LogP contribution in [0.2, 0.25) is 0 Å². The fourth-order valence-corrected chi connectivity index (χ4v) is 1.97. The van der Waals surface area contributed by atoms with Crippen LogP contribution in [0.25, 0.3) is 12.2 Å². The third-order valence-electron chi connectivity index (χ3n) is 3.18. The van der Waals surface area contributed by atoms with Crippen molar-refractivity contribution >= 4 is 23.7 Å². The van der Waals surface area contributed by atoms with Crippen LogP contribution in [0.4, 0.5) is 0 Å². The van der Waals surface area contributed by atoms with Crippen molar-refractivity contribution in [1.82, 2.24) is 0 Å². The predicted molar refractivity (Wildman–Crippen MR) is 90.6 cm³/mol. The van der Waals surface area contributed by atoms with Crippen LogP contribution in [-0.4, -0.2) is 26.9 Å². The van der Waals surface area contributed by atoms with Gasteiger partial charge in [-0.2, -0.15) is 0 Å². The van der Waals surface area contributed by atoms with Crippen molar-refractivity contribution in [3.63, 3.8) is 0 Å². The number of benzene rings is 2. The lowest BCUT2D eigenvalue weighted by Gasteiger charge is -2.00. The van der Waals surface area contributed by atoms with Gasteiger partial charge >= 0.3 is 0 Å². The highest BCUT2D eigenvalue weighted by atomic mass is 16.3. The van der Waals surface area contributed by atoms with Crippen molar-refractivity contribution < 1.29 is 24.9 Å². The molecule has 0 aliphatic rings. The Morgan fingerprint density at radius 1 is 0.875 bits per heavy atom. The van der Waals surface area contributed by atoms with Gasteiger partial charge in [-0.15, -0.1) is 0 Å². The third-order valence-corrected chi connectivity index (χ3v) is 3.18. The molecule has 5 heteroatoms. The number of carbonyl (C=O) groups is 2. The minimum absolute atomic E-state index is 0.0922. The van der Waals surface area contributed by atoms with E-state index in [9.17, 15) is 24.9 Å². The van der Waals surface area contributed by atoms with Gasteiger partial charge in [-0.25, -0.2) is 0 Å². The molecule has 0 aromatic heterocycles. The number of para-hydroxylation sites is 1. The molecule has 0 aliphatic carbocycles. The summed E-state index contributed by atoms with van der Waals surface area (Å²) in [5.74, 6) is -1.32. The maximum Gasteiger partial charge on any atom is 0.164 e. The van der Waals surface area contributed by atoms with Crippen molar-refractivity contribution in [2.75, 3.05) is 0 Å². The van der Waals surface area contributed by atoms with Crippen LogP contribution in [0.5, 0.6) is 17.2 Å². The van der Waals surface area contributed by atoms with Crippen LogP contribution in [0.15, 0.2) is 54.6 Å². The minimum Gasteiger partial charge on any atom is -0.508 e. The average Bonchev–Trinajstić information content (AvgIpc) is 2.54. The fraction of sp³-hybridized carbons (Fsp3) is 0.0526. The highest BCUT2D eigenvalue weighted by molar-refractivity contribution is 6.11. The lowest BCUT2D eigenvalue weighted by atomic mass is 10.1. The predicted octanol–water partition coefficient (Wildman–Crippen LogP) is 3.06. The fourth-order valence-electron chi connectivity index (χ4n) is 1.97. The molecule has 0 saturated carbocycles. The van der Waals surface area contributed by atoms with Crippen LogP contribution in [0.3, 0.4) is 0 Å². The van der Waals surface area contributed by atoms with Crippen molar-refractivity contribution in [2.24, 2.45) is 0 Å². The van der Waals surface area contributed by atoms with E-state index in [0.29, 0.717) is 5.56 Å². The highest BCUT2D eigenvalue weighted by Crippen LogP contribution is 2.28. The summed E-state index contributed by atoms with van der Waals surface area (Å²) in [6.07, 6.45) is 4.98. The average molecular weight is 324 g/mol. The summed E-state index contributed by atoms with van der Waals surface area (Å²) < 4.78 is 0. The molecule has 0 atom stereocenters. The lowest BCUT2D eigenvalue weighted by molar-refractivity contribution is -0.121. The standard InChI is InChI=1S/C19H16O5/c20-15-5-1-3-13(11-15)7-9-16(21)12-17(22)10-8-14-4-2-6-18(23)19(14)24/h1-11,20,23-24H,12H2/b9-7+,10-8+. The first-order valence-electron chi connectivity index (χ1n) is 7.17. The van der Waals surface area contributed by atoms with Gasteiger partial charge in [0.25, 0.3) is 0 Å². The van der Waals surface area contributed by atoms with Gasteiger partial charge in [0.15, 0.2) is 23.1 Å². The molecular weight excluding hydrogens is 308 g/mol. The summed E-state index contributed by atoms with van der Waals surface area (Å²) >= 11 is 0. The van der Waals surface area contributed by atoms with Gasteiger partial charge in [0.1, 0.15) is 5.75 Å². The molecule has 2 rings (SSSR count). The highest BCUT2D eigenvalue weighted by Gasteiger charge is 2.06. The Morgan fingerprint density at radius 3 is 2.25 bits per heavy atom. The first-order chi connectivity index (χ1) is 11.5. The van der Waals surface area contributed by atoms with Crippen LogP contribution in [0.1, 0.15) is 17.5 Å². The molecule has 122 valence electrons. The quantitative estimate of drug-likeness (QED) is 0.431. The summed E-state index contributed by atoms with van der Waals surface area (Å²) in [6, 6.07) is 10.8. The molecule has 0 spiro atoms. The van der Waals surface area contributed by atoms with E-state index in [2.05, 4.69) is 0 Å². The second kappa shape index (κ2) is 7.78. The molecule has 24 heavy (non-hydrogen) atoms. The maximum absolute atomic E-state index is 11.8. The van der Waals surface area contributed by atoms with Crippen LogP contribution < -0.4 is 0 Å². The van der Waals surface area contributed by atoms with Crippen LogP contribution >= 0.6 is 0 Å². The Balaban J connectivity index is 1.95. The lowest BCUT2D eigenvalue weighted by Crippen LogP contribution is -2.01. The Bertz CT molecular complexity index is 818. The molecule has 0 amide bonds. The molecular formula is C19H16O5. The van der Waals surface area contributed by atoms with E-state index in [1.54, 1.807) is 12.1 Å². The summed E-state index contributed by atoms with van der Waals surface area (Å²) in [7, 11) is 0. The molecule has 0 saturated heterocycles. The second-order valence-electron chi connectivity index (χ2n) is 5.09. The monoisotopic (exact) mass is 324 g/mol. The molecule has 2 aromatic rings. The van der Waals surface area contributed by atoms with Gasteiger partial charge in [0.05, 0.1) is 6.42 Å². The van der Waals surface area contributed by atoms with E-state index < -0.39 is 5.78 Å². The summed E-state index contributed by atoms with van der Waals surface area (Å²) in [4.78, 5) is 23.5. The number of allylic oxidation sites excluding steroid dienone is 2. The third kappa shape index (κ3) is 4.84. The van der Waals surface area contributed by atoms with E-state index in [-0.39, 0.29) is 35.0 Å². The Kier molecular flexibility index (Phi) is 5.52. The van der Waals surface area contributed by atoms with Gasteiger partial charge in [-0.1, -0.05) is 30.3 Å². The van der Waals surface area contributed by atoms with E-state index in [4.69, 9.17) is 0 Å². The molecule has 0 aliphatic heterocycles. The first-order valence-corrected chi connectivity index (χ1v) is 7.17. The summed E-state index contributed by atoms with van der Waals surface area (Å²) in [5, 5.41) is 28.3. The number of phenols is 3.